The van der Waals surface area contributed by atoms with Gasteiger partial charge in [0.2, 0.25) is 0 Å². The van der Waals surface area contributed by atoms with E-state index >= 15 is 0 Å². The number of nitrogens with one attached hydrogen (secondary N) is 3. The Hall–Kier alpha value is -2.50. The summed E-state index contributed by atoms with van der Waals surface area (Å²) in [7, 11) is 1.74. The molecule has 118 valence electrons. The monoisotopic (exact) mass is 301 g/mol. The van der Waals surface area contributed by atoms with E-state index in [1.165, 1.54) is 5.56 Å². The largest absolute Gasteiger partial charge is 0.489 e. The topological polar surface area (TPSA) is 74.3 Å². The Labute approximate surface area is 131 Å². The quantitative estimate of drug-likeness (QED) is 0.562. The third kappa shape index (κ3) is 5.12. The lowest BCUT2D eigenvalue weighted by Crippen LogP contribution is -2.41. The number of aromatic nitrogens is 2. The molecule has 1 aromatic carbocycles. The lowest BCUT2D eigenvalue weighted by atomic mass is 10.2. The van der Waals surface area contributed by atoms with Gasteiger partial charge in [-0.2, -0.15) is 5.10 Å². The molecular weight excluding hydrogens is 278 g/mol. The Morgan fingerprint density at radius 3 is 2.91 bits per heavy atom. The molecule has 1 heterocycles. The first-order valence-electron chi connectivity index (χ1n) is 7.33. The van der Waals surface area contributed by atoms with Crippen LogP contribution in [0.5, 0.6) is 5.75 Å². The van der Waals surface area contributed by atoms with E-state index in [9.17, 15) is 0 Å². The van der Waals surface area contributed by atoms with Crippen molar-refractivity contribution in [2.45, 2.75) is 26.5 Å². The summed E-state index contributed by atoms with van der Waals surface area (Å²) in [5, 5.41) is 13.3. The molecule has 0 aliphatic rings. The second-order valence-corrected chi connectivity index (χ2v) is 5.13. The van der Waals surface area contributed by atoms with Crippen molar-refractivity contribution < 1.29 is 4.74 Å². The third-order valence-corrected chi connectivity index (χ3v) is 3.11. The number of aliphatic imine (C=N–C) groups is 1. The minimum atomic E-state index is 0.0347. The van der Waals surface area contributed by atoms with Gasteiger partial charge in [0.05, 0.1) is 18.8 Å². The fourth-order valence-corrected chi connectivity index (χ4v) is 1.99. The van der Waals surface area contributed by atoms with Crippen LogP contribution < -0.4 is 15.4 Å². The van der Waals surface area contributed by atoms with Gasteiger partial charge >= 0.3 is 0 Å². The van der Waals surface area contributed by atoms with Gasteiger partial charge in [-0.05, 0) is 37.6 Å². The summed E-state index contributed by atoms with van der Waals surface area (Å²) in [6, 6.07) is 9.97. The summed E-state index contributed by atoms with van der Waals surface area (Å²) < 4.78 is 5.88. The van der Waals surface area contributed by atoms with Crippen molar-refractivity contribution in [2.75, 3.05) is 13.6 Å². The van der Waals surface area contributed by atoms with Crippen LogP contribution in [-0.2, 0) is 6.54 Å². The van der Waals surface area contributed by atoms with E-state index in [-0.39, 0.29) is 6.10 Å². The van der Waals surface area contributed by atoms with Crippen molar-refractivity contribution in [3.8, 4) is 5.75 Å². The highest BCUT2D eigenvalue weighted by molar-refractivity contribution is 5.79. The molecule has 0 saturated heterocycles. The molecular formula is C16H23N5O. The van der Waals surface area contributed by atoms with E-state index in [1.807, 2.05) is 31.2 Å². The molecule has 0 bridgehead atoms. The zero-order valence-electron chi connectivity index (χ0n) is 13.3. The van der Waals surface area contributed by atoms with Crippen molar-refractivity contribution in [3.63, 3.8) is 0 Å². The Morgan fingerprint density at radius 2 is 2.23 bits per heavy atom. The molecule has 0 amide bonds. The first-order chi connectivity index (χ1) is 10.7. The normalized spacial score (nSPS) is 12.8. The molecule has 1 aromatic heterocycles. The Balaban J connectivity index is 1.75. The summed E-state index contributed by atoms with van der Waals surface area (Å²) in [6.07, 6.45) is 1.76. The standard InChI is InChI=1S/C16H23N5O/c1-12-5-4-6-15(9-12)22-13(2)10-18-16(17-3)19-11-14-7-8-20-21-14/h4-9,13H,10-11H2,1-3H3,(H,20,21)(H2,17,18,19). The number of nitrogens with zero attached hydrogens (tertiary/aromatic N) is 2. The van der Waals surface area contributed by atoms with Gasteiger partial charge in [-0.15, -0.1) is 0 Å². The van der Waals surface area contributed by atoms with E-state index in [1.54, 1.807) is 13.2 Å². The minimum absolute atomic E-state index is 0.0347. The Bertz CT molecular complexity index is 594. The molecule has 0 spiro atoms. The van der Waals surface area contributed by atoms with Crippen LogP contribution in [0.3, 0.4) is 0 Å². The molecule has 0 aliphatic heterocycles. The molecule has 3 N–H and O–H groups in total. The van der Waals surface area contributed by atoms with E-state index in [4.69, 9.17) is 4.74 Å². The highest BCUT2D eigenvalue weighted by Crippen LogP contribution is 2.13. The number of benzene rings is 1. The maximum absolute atomic E-state index is 5.88. The minimum Gasteiger partial charge on any atom is -0.489 e. The van der Waals surface area contributed by atoms with E-state index < -0.39 is 0 Å². The fraction of sp³-hybridized carbons (Fsp3) is 0.375. The molecule has 6 heteroatoms. The van der Waals surface area contributed by atoms with Crippen molar-refractivity contribution in [1.29, 1.82) is 0 Å². The molecule has 1 atom stereocenters. The van der Waals surface area contributed by atoms with E-state index in [0.717, 1.165) is 17.4 Å². The van der Waals surface area contributed by atoms with E-state index in [2.05, 4.69) is 38.8 Å². The van der Waals surface area contributed by atoms with Crippen molar-refractivity contribution in [1.82, 2.24) is 20.8 Å². The number of aromatic amines is 1. The average molecular weight is 301 g/mol. The van der Waals surface area contributed by atoms with Gasteiger partial charge in [-0.3, -0.25) is 10.1 Å². The molecule has 1 unspecified atom stereocenters. The molecule has 22 heavy (non-hydrogen) atoms. The molecule has 0 aliphatic carbocycles. The molecule has 0 radical (unpaired) electrons. The fourth-order valence-electron chi connectivity index (χ4n) is 1.99. The average Bonchev–Trinajstić information content (AvgIpc) is 3.01. The smallest absolute Gasteiger partial charge is 0.191 e. The Kier molecular flexibility index (Phi) is 5.82. The first kappa shape index (κ1) is 15.9. The predicted molar refractivity (Wildman–Crippen MR) is 88.1 cm³/mol. The van der Waals surface area contributed by atoms with Crippen LogP contribution in [0.4, 0.5) is 0 Å². The zero-order chi connectivity index (χ0) is 15.8. The summed E-state index contributed by atoms with van der Waals surface area (Å²) in [4.78, 5) is 4.19. The van der Waals surface area contributed by atoms with Gasteiger partial charge in [0, 0.05) is 13.2 Å². The second kappa shape index (κ2) is 8.07. The van der Waals surface area contributed by atoms with Gasteiger partial charge < -0.3 is 15.4 Å². The lowest BCUT2D eigenvalue weighted by Gasteiger charge is -2.17. The molecule has 0 saturated carbocycles. The number of H-pyrrole nitrogens is 1. The molecule has 0 fully saturated rings. The molecule has 6 nitrogen and oxygen atoms in total. The van der Waals surface area contributed by atoms with Gasteiger partial charge in [0.25, 0.3) is 0 Å². The molecule has 2 rings (SSSR count). The highest BCUT2D eigenvalue weighted by atomic mass is 16.5. The first-order valence-corrected chi connectivity index (χ1v) is 7.33. The Morgan fingerprint density at radius 1 is 1.36 bits per heavy atom. The number of guanidine groups is 1. The number of aryl methyl sites for hydroxylation is 1. The molecule has 2 aromatic rings. The van der Waals surface area contributed by atoms with Gasteiger partial charge in [0.15, 0.2) is 5.96 Å². The van der Waals surface area contributed by atoms with Crippen LogP contribution in [0.2, 0.25) is 0 Å². The van der Waals surface area contributed by atoms with Crippen LogP contribution in [0.1, 0.15) is 18.2 Å². The predicted octanol–water partition coefficient (Wildman–Crippen LogP) is 1.85. The van der Waals surface area contributed by atoms with Crippen molar-refractivity contribution >= 4 is 5.96 Å². The maximum Gasteiger partial charge on any atom is 0.191 e. The van der Waals surface area contributed by atoms with Crippen LogP contribution in [-0.4, -0.2) is 35.9 Å². The third-order valence-electron chi connectivity index (χ3n) is 3.11. The number of hydrogen-bond acceptors (Lipinski definition) is 3. The van der Waals surface area contributed by atoms with E-state index in [0.29, 0.717) is 13.1 Å². The van der Waals surface area contributed by atoms with Crippen molar-refractivity contribution in [3.05, 3.63) is 47.8 Å². The highest BCUT2D eigenvalue weighted by Gasteiger charge is 2.06. The summed E-state index contributed by atoms with van der Waals surface area (Å²) in [5.41, 5.74) is 2.20. The number of rotatable bonds is 6. The SMILES string of the molecule is CN=C(NCc1ccn[nH]1)NCC(C)Oc1cccc(C)c1. The zero-order valence-corrected chi connectivity index (χ0v) is 13.3. The summed E-state index contributed by atoms with van der Waals surface area (Å²) in [5.74, 6) is 1.61. The number of ether oxygens (including phenoxy) is 1. The van der Waals surface area contributed by atoms with Gasteiger partial charge in [-0.1, -0.05) is 12.1 Å². The lowest BCUT2D eigenvalue weighted by molar-refractivity contribution is 0.223. The summed E-state index contributed by atoms with van der Waals surface area (Å²) >= 11 is 0. The van der Waals surface area contributed by atoms with Crippen molar-refractivity contribution in [2.24, 2.45) is 4.99 Å². The van der Waals surface area contributed by atoms with Gasteiger partial charge in [0.1, 0.15) is 11.9 Å². The van der Waals surface area contributed by atoms with Crippen LogP contribution in [0.15, 0.2) is 41.5 Å². The summed E-state index contributed by atoms with van der Waals surface area (Å²) in [6.45, 7) is 5.39. The van der Waals surface area contributed by atoms with Gasteiger partial charge in [-0.25, -0.2) is 0 Å². The number of hydrogen-bond donors (Lipinski definition) is 3. The van der Waals surface area contributed by atoms with Crippen LogP contribution in [0.25, 0.3) is 0 Å². The van der Waals surface area contributed by atoms with Crippen LogP contribution >= 0.6 is 0 Å². The van der Waals surface area contributed by atoms with Crippen LogP contribution in [0, 0.1) is 6.92 Å². The second-order valence-electron chi connectivity index (χ2n) is 5.13. The maximum atomic E-state index is 5.88.